The Kier molecular flexibility index (Phi) is 4.40. The summed E-state index contributed by atoms with van der Waals surface area (Å²) in [6, 6.07) is 12.1. The number of furan rings is 1. The Morgan fingerprint density at radius 3 is 2.74 bits per heavy atom. The average molecular weight is 329 g/mol. The molecule has 2 heterocycles. The monoisotopic (exact) mass is 329 g/mol. The predicted octanol–water partition coefficient (Wildman–Crippen LogP) is 2.59. The summed E-state index contributed by atoms with van der Waals surface area (Å²) in [5.74, 6) is 0.123. The predicted molar refractivity (Wildman–Crippen MR) is 87.0 cm³/mol. The molecule has 3 N–H and O–H groups in total. The molecule has 0 saturated carbocycles. The van der Waals surface area contributed by atoms with Gasteiger partial charge in [0.2, 0.25) is 0 Å². The molecule has 1 unspecified atom stereocenters. The maximum atomic E-state index is 12.6. The summed E-state index contributed by atoms with van der Waals surface area (Å²) in [6.07, 6.45) is 3.03. The number of aliphatic hydroxyl groups excluding tert-OH is 1. The number of hydrogen-bond donors (Lipinski definition) is 3. The molecule has 0 bridgehead atoms. The highest BCUT2D eigenvalue weighted by atomic mass is 32.1. The summed E-state index contributed by atoms with van der Waals surface area (Å²) in [7, 11) is 0. The molecule has 2 aromatic heterocycles. The topological polar surface area (TPSA) is 83.2 Å². The van der Waals surface area contributed by atoms with E-state index >= 15 is 0 Å². The number of aliphatic hydroxyl groups is 1. The second-order valence-corrected chi connectivity index (χ2v) is 5.26. The van der Waals surface area contributed by atoms with Gasteiger partial charge in [0.1, 0.15) is 17.5 Å². The minimum absolute atomic E-state index is 0.268. The minimum atomic E-state index is -0.620. The molecule has 0 spiro atoms. The Labute approximate surface area is 137 Å². The molecule has 23 heavy (non-hydrogen) atoms. The van der Waals surface area contributed by atoms with Gasteiger partial charge in [0, 0.05) is 11.9 Å². The zero-order valence-corrected chi connectivity index (χ0v) is 12.9. The van der Waals surface area contributed by atoms with E-state index in [-0.39, 0.29) is 12.5 Å². The van der Waals surface area contributed by atoms with Gasteiger partial charge in [0.25, 0.3) is 5.91 Å². The maximum Gasteiger partial charge on any atom is 0.270 e. The van der Waals surface area contributed by atoms with E-state index in [1.807, 2.05) is 30.3 Å². The van der Waals surface area contributed by atoms with E-state index in [2.05, 4.69) is 10.3 Å². The van der Waals surface area contributed by atoms with Crippen molar-refractivity contribution in [2.75, 3.05) is 6.61 Å². The molecule has 118 valence electrons. The van der Waals surface area contributed by atoms with Crippen molar-refractivity contribution in [3.05, 3.63) is 71.1 Å². The number of amides is 1. The average Bonchev–Trinajstić information content (AvgIpc) is 3.23. The summed E-state index contributed by atoms with van der Waals surface area (Å²) in [5.41, 5.74) is 1.13. The number of H-pyrrole nitrogens is 1. The van der Waals surface area contributed by atoms with Crippen LogP contribution in [0.4, 0.5) is 0 Å². The lowest BCUT2D eigenvalue weighted by molar-refractivity contribution is 0.0900. The number of nitrogens with zero attached hydrogens (tertiary/aromatic N) is 1. The summed E-state index contributed by atoms with van der Waals surface area (Å²) < 4.78 is 7.29. The van der Waals surface area contributed by atoms with Crippen LogP contribution in [-0.4, -0.2) is 27.2 Å². The molecular weight excluding hydrogens is 314 g/mol. The van der Waals surface area contributed by atoms with Gasteiger partial charge in [-0.3, -0.25) is 9.36 Å². The van der Waals surface area contributed by atoms with E-state index in [1.54, 1.807) is 22.9 Å². The molecule has 0 aliphatic heterocycles. The number of benzene rings is 1. The molecular formula is C16H15N3O3S. The molecule has 1 aromatic carbocycles. The highest BCUT2D eigenvalue weighted by Crippen LogP contribution is 2.16. The third kappa shape index (κ3) is 3.10. The number of nitrogens with one attached hydrogen (secondary N) is 2. The van der Waals surface area contributed by atoms with E-state index < -0.39 is 6.04 Å². The number of rotatable bonds is 5. The number of para-hydroxylation sites is 1. The van der Waals surface area contributed by atoms with Crippen molar-refractivity contribution in [1.29, 1.82) is 0 Å². The number of carbonyl (C=O) groups excluding carboxylic acids is 1. The maximum absolute atomic E-state index is 12.6. The zero-order chi connectivity index (χ0) is 16.2. The molecule has 6 nitrogen and oxygen atoms in total. The molecule has 0 aliphatic rings. The fraction of sp³-hybridized carbons (Fsp3) is 0.125. The van der Waals surface area contributed by atoms with Crippen molar-refractivity contribution in [3.63, 3.8) is 0 Å². The number of aromatic amines is 1. The van der Waals surface area contributed by atoms with Crippen LogP contribution in [0.25, 0.3) is 5.69 Å². The Morgan fingerprint density at radius 2 is 2.09 bits per heavy atom. The van der Waals surface area contributed by atoms with Crippen LogP contribution >= 0.6 is 12.2 Å². The van der Waals surface area contributed by atoms with Gasteiger partial charge >= 0.3 is 0 Å². The van der Waals surface area contributed by atoms with Crippen molar-refractivity contribution in [2.24, 2.45) is 0 Å². The molecule has 0 aliphatic carbocycles. The van der Waals surface area contributed by atoms with E-state index in [0.717, 1.165) is 5.69 Å². The third-order valence-corrected chi connectivity index (χ3v) is 3.70. The van der Waals surface area contributed by atoms with Gasteiger partial charge in [0.15, 0.2) is 4.77 Å². The van der Waals surface area contributed by atoms with Gasteiger partial charge in [0.05, 0.1) is 12.9 Å². The van der Waals surface area contributed by atoms with Gasteiger partial charge in [-0.25, -0.2) is 0 Å². The first-order valence-electron chi connectivity index (χ1n) is 7.01. The van der Waals surface area contributed by atoms with Crippen LogP contribution < -0.4 is 5.32 Å². The lowest BCUT2D eigenvalue weighted by Gasteiger charge is -2.15. The van der Waals surface area contributed by atoms with Crippen molar-refractivity contribution in [2.45, 2.75) is 6.04 Å². The van der Waals surface area contributed by atoms with Gasteiger partial charge in [-0.05, 0) is 36.5 Å². The molecule has 0 radical (unpaired) electrons. The first-order chi connectivity index (χ1) is 11.2. The fourth-order valence-corrected chi connectivity index (χ4v) is 2.56. The molecule has 3 rings (SSSR count). The van der Waals surface area contributed by atoms with Crippen LogP contribution in [0.15, 0.2) is 59.3 Å². The van der Waals surface area contributed by atoms with Crippen molar-refractivity contribution >= 4 is 18.1 Å². The molecule has 1 atom stereocenters. The Hall–Kier alpha value is -2.64. The molecule has 1 amide bonds. The Bertz CT molecular complexity index is 837. The Morgan fingerprint density at radius 1 is 1.30 bits per heavy atom. The third-order valence-electron chi connectivity index (χ3n) is 3.40. The lowest BCUT2D eigenvalue weighted by atomic mass is 10.2. The van der Waals surface area contributed by atoms with Crippen LogP contribution in [0.1, 0.15) is 22.3 Å². The second-order valence-electron chi connectivity index (χ2n) is 4.87. The fourth-order valence-electron chi connectivity index (χ4n) is 2.30. The molecule has 7 heteroatoms. The largest absolute Gasteiger partial charge is 0.467 e. The summed E-state index contributed by atoms with van der Waals surface area (Å²) in [5, 5.41) is 12.2. The van der Waals surface area contributed by atoms with Gasteiger partial charge in [-0.15, -0.1) is 0 Å². The minimum Gasteiger partial charge on any atom is -0.467 e. The van der Waals surface area contributed by atoms with Crippen LogP contribution in [-0.2, 0) is 0 Å². The SMILES string of the molecule is O=C(NC(CO)c1ccco1)c1c[nH]c(=S)n1-c1ccccc1. The van der Waals surface area contributed by atoms with E-state index in [9.17, 15) is 9.90 Å². The first-order valence-corrected chi connectivity index (χ1v) is 7.42. The summed E-state index contributed by atoms with van der Waals surface area (Å²) in [6.45, 7) is -0.268. The smallest absolute Gasteiger partial charge is 0.270 e. The van der Waals surface area contributed by atoms with E-state index in [1.165, 1.54) is 6.26 Å². The van der Waals surface area contributed by atoms with E-state index in [0.29, 0.717) is 16.2 Å². The highest BCUT2D eigenvalue weighted by molar-refractivity contribution is 7.71. The zero-order valence-electron chi connectivity index (χ0n) is 12.1. The number of imidazole rings is 1. The van der Waals surface area contributed by atoms with Gasteiger partial charge in [-0.1, -0.05) is 18.2 Å². The van der Waals surface area contributed by atoms with E-state index in [4.69, 9.17) is 16.6 Å². The number of carbonyl (C=O) groups is 1. The summed E-state index contributed by atoms with van der Waals surface area (Å²) >= 11 is 5.26. The van der Waals surface area contributed by atoms with Crippen molar-refractivity contribution in [1.82, 2.24) is 14.9 Å². The normalized spacial score (nSPS) is 12.0. The van der Waals surface area contributed by atoms with Crippen molar-refractivity contribution < 1.29 is 14.3 Å². The summed E-state index contributed by atoms with van der Waals surface area (Å²) in [4.78, 5) is 15.4. The Balaban J connectivity index is 1.91. The highest BCUT2D eigenvalue weighted by Gasteiger charge is 2.20. The molecule has 3 aromatic rings. The first kappa shape index (κ1) is 15.3. The van der Waals surface area contributed by atoms with Crippen LogP contribution in [0, 0.1) is 4.77 Å². The second kappa shape index (κ2) is 6.64. The van der Waals surface area contributed by atoms with Crippen LogP contribution in [0.3, 0.4) is 0 Å². The van der Waals surface area contributed by atoms with Crippen molar-refractivity contribution in [3.8, 4) is 5.69 Å². The molecule has 0 fully saturated rings. The van der Waals surface area contributed by atoms with Gasteiger partial charge in [-0.2, -0.15) is 0 Å². The standard InChI is InChI=1S/C16H15N3O3S/c20-10-12(14-7-4-8-22-14)18-15(21)13-9-17-16(23)19(13)11-5-2-1-3-6-11/h1-9,12,20H,10H2,(H,17,23)(H,18,21). The number of hydrogen-bond acceptors (Lipinski definition) is 4. The number of aromatic nitrogens is 2. The van der Waals surface area contributed by atoms with Gasteiger partial charge < -0.3 is 19.8 Å². The molecule has 0 saturated heterocycles. The lowest BCUT2D eigenvalue weighted by Crippen LogP contribution is -2.31. The van der Waals surface area contributed by atoms with Crippen LogP contribution in [0.5, 0.6) is 0 Å². The van der Waals surface area contributed by atoms with Crippen LogP contribution in [0.2, 0.25) is 0 Å². The quantitative estimate of drug-likeness (QED) is 0.628.